The van der Waals surface area contributed by atoms with E-state index in [1.165, 1.54) is 11.3 Å². The van der Waals surface area contributed by atoms with Crippen molar-refractivity contribution in [2.75, 3.05) is 44.8 Å². The molecule has 2 fully saturated rings. The number of hydrogen-bond donors (Lipinski definition) is 0. The third kappa shape index (κ3) is 3.37. The maximum atomic E-state index is 13.4. The van der Waals surface area contributed by atoms with Gasteiger partial charge in [-0.2, -0.15) is 0 Å². The van der Waals surface area contributed by atoms with Crippen LogP contribution >= 0.6 is 0 Å². The monoisotopic (exact) mass is 406 g/mol. The number of fused-ring (bicyclic) bond motifs is 1. The Morgan fingerprint density at radius 1 is 1.07 bits per heavy atom. The van der Waals surface area contributed by atoms with Gasteiger partial charge in [-0.1, -0.05) is 30.3 Å². The summed E-state index contributed by atoms with van der Waals surface area (Å²) in [6.45, 7) is 3.81. The normalized spacial score (nSPS) is 23.4. The lowest BCUT2D eigenvalue weighted by atomic mass is 9.78. The number of benzene rings is 1. The molecular weight excluding hydrogens is 376 g/mol. The highest BCUT2D eigenvalue weighted by molar-refractivity contribution is 5.85. The number of likely N-dealkylation sites (tertiary alicyclic amines) is 1. The molecule has 0 saturated carbocycles. The molecule has 1 aromatic carbocycles. The van der Waals surface area contributed by atoms with Gasteiger partial charge in [0.25, 0.3) is 0 Å². The van der Waals surface area contributed by atoms with Gasteiger partial charge in [-0.15, -0.1) is 0 Å². The molecule has 5 rings (SSSR count). The largest absolute Gasteiger partial charge is 0.383 e. The topological polar surface area (TPSA) is 58.6 Å². The lowest BCUT2D eigenvalue weighted by Gasteiger charge is -2.39. The molecule has 0 bridgehead atoms. The first-order valence-electron chi connectivity index (χ1n) is 11.2. The van der Waals surface area contributed by atoms with Crippen LogP contribution in [0.25, 0.3) is 11.4 Å². The van der Waals surface area contributed by atoms with E-state index in [1.54, 1.807) is 7.11 Å². The number of ether oxygens (including phenoxy) is 1. The summed E-state index contributed by atoms with van der Waals surface area (Å²) in [5, 5.41) is 0. The highest BCUT2D eigenvalue weighted by Crippen LogP contribution is 2.43. The Bertz CT molecular complexity index is 932. The van der Waals surface area contributed by atoms with Crippen LogP contribution in [0, 0.1) is 5.41 Å². The second-order valence-electron chi connectivity index (χ2n) is 8.86. The molecular formula is C24H30N4O2. The molecule has 0 N–H and O–H groups in total. The van der Waals surface area contributed by atoms with E-state index in [9.17, 15) is 4.79 Å². The van der Waals surface area contributed by atoms with E-state index in [2.05, 4.69) is 17.0 Å². The predicted molar refractivity (Wildman–Crippen MR) is 116 cm³/mol. The average Bonchev–Trinajstić information content (AvgIpc) is 3.43. The predicted octanol–water partition coefficient (Wildman–Crippen LogP) is 3.10. The zero-order valence-electron chi connectivity index (χ0n) is 17.8. The third-order valence-electron chi connectivity index (χ3n) is 6.99. The molecule has 1 aromatic heterocycles. The van der Waals surface area contributed by atoms with E-state index in [4.69, 9.17) is 14.7 Å². The van der Waals surface area contributed by atoms with Crippen LogP contribution in [0.5, 0.6) is 0 Å². The van der Waals surface area contributed by atoms with Gasteiger partial charge in [-0.25, -0.2) is 9.97 Å². The standard InChI is InChI=1S/C24H30N4O2/c1-30-16-15-27-13-6-11-24(23(27)29)12-14-28(17-24)22-19-9-5-10-20(19)25-21(26-22)18-7-3-2-4-8-18/h2-4,7-8H,5-6,9-17H2,1H3. The van der Waals surface area contributed by atoms with Crippen LogP contribution < -0.4 is 4.90 Å². The fourth-order valence-corrected chi connectivity index (χ4v) is 5.39. The highest BCUT2D eigenvalue weighted by atomic mass is 16.5. The zero-order chi connectivity index (χ0) is 20.6. The van der Waals surface area contributed by atoms with Gasteiger partial charge in [0.2, 0.25) is 5.91 Å². The molecule has 2 aromatic rings. The Balaban J connectivity index is 1.44. The lowest BCUT2D eigenvalue weighted by Crippen LogP contribution is -2.51. The van der Waals surface area contributed by atoms with Crippen LogP contribution in [-0.4, -0.2) is 60.7 Å². The van der Waals surface area contributed by atoms with Crippen molar-refractivity contribution in [3.05, 3.63) is 41.6 Å². The number of methoxy groups -OCH3 is 1. The quantitative estimate of drug-likeness (QED) is 0.764. The Hall–Kier alpha value is -2.47. The van der Waals surface area contributed by atoms with Gasteiger partial charge < -0.3 is 14.5 Å². The van der Waals surface area contributed by atoms with Crippen LogP contribution in [0.2, 0.25) is 0 Å². The molecule has 158 valence electrons. The van der Waals surface area contributed by atoms with E-state index in [0.29, 0.717) is 19.1 Å². The van der Waals surface area contributed by atoms with Gasteiger partial charge in [0.05, 0.1) is 12.0 Å². The second-order valence-corrected chi connectivity index (χ2v) is 8.86. The number of piperidine rings is 1. The summed E-state index contributed by atoms with van der Waals surface area (Å²) in [6, 6.07) is 10.2. The number of carbonyl (C=O) groups excluding carboxylic acids is 1. The van der Waals surface area contributed by atoms with Gasteiger partial charge >= 0.3 is 0 Å². The molecule has 30 heavy (non-hydrogen) atoms. The van der Waals surface area contributed by atoms with E-state index < -0.39 is 0 Å². The third-order valence-corrected chi connectivity index (χ3v) is 6.99. The Morgan fingerprint density at radius 3 is 2.77 bits per heavy atom. The maximum Gasteiger partial charge on any atom is 0.230 e. The molecule has 1 aliphatic carbocycles. The lowest BCUT2D eigenvalue weighted by molar-refractivity contribution is -0.145. The molecule has 0 radical (unpaired) electrons. The minimum atomic E-state index is -0.269. The summed E-state index contributed by atoms with van der Waals surface area (Å²) < 4.78 is 5.22. The molecule has 1 unspecified atom stereocenters. The van der Waals surface area contributed by atoms with Crippen LogP contribution in [0.15, 0.2) is 30.3 Å². The number of nitrogens with zero attached hydrogens (tertiary/aromatic N) is 4. The van der Waals surface area contributed by atoms with Gasteiger partial charge in [-0.3, -0.25) is 4.79 Å². The minimum absolute atomic E-state index is 0.269. The average molecular weight is 407 g/mol. The van der Waals surface area contributed by atoms with Gasteiger partial charge in [0.15, 0.2) is 5.82 Å². The first-order chi connectivity index (χ1) is 14.7. The zero-order valence-corrected chi connectivity index (χ0v) is 17.8. The number of carbonyl (C=O) groups is 1. The van der Waals surface area contributed by atoms with Crippen molar-refractivity contribution in [3.63, 3.8) is 0 Å². The fourth-order valence-electron chi connectivity index (χ4n) is 5.39. The van der Waals surface area contributed by atoms with Gasteiger partial charge in [-0.05, 0) is 38.5 Å². The van der Waals surface area contributed by atoms with E-state index in [-0.39, 0.29) is 5.41 Å². The van der Waals surface area contributed by atoms with Crippen molar-refractivity contribution in [1.29, 1.82) is 0 Å². The van der Waals surface area contributed by atoms with Crippen LogP contribution in [0.1, 0.15) is 36.9 Å². The molecule has 1 amide bonds. The van der Waals surface area contributed by atoms with Crippen LogP contribution in [0.4, 0.5) is 5.82 Å². The number of hydrogen-bond acceptors (Lipinski definition) is 5. The van der Waals surface area contributed by atoms with E-state index in [0.717, 1.165) is 75.4 Å². The Labute approximate surface area is 178 Å². The van der Waals surface area contributed by atoms with Crippen molar-refractivity contribution in [1.82, 2.24) is 14.9 Å². The molecule has 1 atom stereocenters. The highest BCUT2D eigenvalue weighted by Gasteiger charge is 2.49. The Morgan fingerprint density at radius 2 is 1.93 bits per heavy atom. The Kier molecular flexibility index (Phi) is 5.19. The van der Waals surface area contributed by atoms with E-state index >= 15 is 0 Å². The van der Waals surface area contributed by atoms with Gasteiger partial charge in [0.1, 0.15) is 5.82 Å². The SMILES string of the molecule is COCCN1CCCC2(CCN(c3nc(-c4ccccc4)nc4c3CCC4)C2)C1=O. The number of aromatic nitrogens is 2. The number of amides is 1. The van der Waals surface area contributed by atoms with Crippen molar-refractivity contribution < 1.29 is 9.53 Å². The summed E-state index contributed by atoms with van der Waals surface area (Å²) >= 11 is 0. The van der Waals surface area contributed by atoms with Crippen molar-refractivity contribution in [3.8, 4) is 11.4 Å². The molecule has 6 nitrogen and oxygen atoms in total. The van der Waals surface area contributed by atoms with Crippen molar-refractivity contribution >= 4 is 11.7 Å². The summed E-state index contributed by atoms with van der Waals surface area (Å²) in [7, 11) is 1.70. The smallest absolute Gasteiger partial charge is 0.230 e. The van der Waals surface area contributed by atoms with Crippen molar-refractivity contribution in [2.24, 2.45) is 5.41 Å². The molecule has 6 heteroatoms. The van der Waals surface area contributed by atoms with E-state index in [1.807, 2.05) is 23.1 Å². The number of anilines is 1. The minimum Gasteiger partial charge on any atom is -0.383 e. The summed E-state index contributed by atoms with van der Waals surface area (Å²) in [5.41, 5.74) is 3.28. The van der Waals surface area contributed by atoms with Crippen molar-refractivity contribution in [2.45, 2.75) is 38.5 Å². The number of aryl methyl sites for hydroxylation is 1. The molecule has 3 aliphatic rings. The summed E-state index contributed by atoms with van der Waals surface area (Å²) in [6.07, 6.45) is 6.16. The maximum absolute atomic E-state index is 13.4. The molecule has 3 heterocycles. The van der Waals surface area contributed by atoms with Gasteiger partial charge in [0, 0.05) is 50.1 Å². The number of rotatable bonds is 5. The first kappa shape index (κ1) is 19.5. The second kappa shape index (κ2) is 7.99. The van der Waals surface area contributed by atoms with Crippen LogP contribution in [-0.2, 0) is 22.4 Å². The molecule has 2 saturated heterocycles. The van der Waals surface area contributed by atoms with Crippen LogP contribution in [0.3, 0.4) is 0 Å². The summed E-state index contributed by atoms with van der Waals surface area (Å²) in [5.74, 6) is 2.18. The first-order valence-corrected chi connectivity index (χ1v) is 11.2. The molecule has 1 spiro atoms. The summed E-state index contributed by atoms with van der Waals surface area (Å²) in [4.78, 5) is 27.7. The molecule has 2 aliphatic heterocycles. The fraction of sp³-hybridized carbons (Fsp3) is 0.542.